The van der Waals surface area contributed by atoms with Crippen molar-refractivity contribution in [1.29, 1.82) is 0 Å². The number of fused-ring (bicyclic) bond motifs is 8. The Hall–Kier alpha value is -9.04. The number of nitrogens with zero attached hydrogens (tertiary/aromatic N) is 5. The van der Waals surface area contributed by atoms with Gasteiger partial charge in [0.15, 0.2) is 0 Å². The van der Waals surface area contributed by atoms with E-state index in [2.05, 4.69) is 285 Å². The third-order valence-electron chi connectivity index (χ3n) is 15.7. The van der Waals surface area contributed by atoms with Gasteiger partial charge < -0.3 is 0 Å². The van der Waals surface area contributed by atoms with Gasteiger partial charge in [-0.1, -0.05) is 0 Å². The molecule has 11 aromatic carbocycles. The first-order valence-corrected chi connectivity index (χ1v) is 29.1. The average molecular weight is 979 g/mol. The molecular weight excluding hydrogens is 935 g/mol. The molecule has 0 radical (unpaired) electrons. The van der Waals surface area contributed by atoms with Crippen molar-refractivity contribution in [2.24, 2.45) is 0 Å². The number of benzene rings is 11. The summed E-state index contributed by atoms with van der Waals surface area (Å²) in [6.45, 7) is 0. The van der Waals surface area contributed by atoms with E-state index in [1.807, 2.05) is 0 Å². The molecule has 0 spiro atoms. The van der Waals surface area contributed by atoms with E-state index in [-0.39, 0.29) is 0 Å². The van der Waals surface area contributed by atoms with Crippen LogP contribution in [-0.2, 0) is 0 Å². The predicted octanol–water partition coefficient (Wildman–Crippen LogP) is 14.6. The Morgan fingerprint density at radius 2 is 0.597 bits per heavy atom. The van der Waals surface area contributed by atoms with Crippen LogP contribution in [0, 0.1) is 0 Å². The fraction of sp³-hybridized carbons (Fsp3) is 0. The molecule has 0 atom stereocenters. The van der Waals surface area contributed by atoms with Crippen LogP contribution in [0.25, 0.3) is 55.0 Å². The van der Waals surface area contributed by atoms with E-state index in [1.54, 1.807) is 0 Å². The minimum atomic E-state index is -4.36. The summed E-state index contributed by atoms with van der Waals surface area (Å²) in [6.07, 6.45) is 0. The first kappa shape index (κ1) is 39.8. The molecule has 72 heavy (non-hydrogen) atoms. The summed E-state index contributed by atoms with van der Waals surface area (Å²) in [4.78, 5) is 7.95. The molecule has 2 aromatic heterocycles. The first-order valence-electron chi connectivity index (χ1n) is 24.9. The topological polar surface area (TPSA) is 19.6 Å². The van der Waals surface area contributed by atoms with E-state index < -0.39 is 13.3 Å². The van der Waals surface area contributed by atoms with Gasteiger partial charge in [-0.3, -0.25) is 0 Å². The Labute approximate surface area is 419 Å². The van der Waals surface area contributed by atoms with Crippen LogP contribution >= 0.6 is 0 Å². The normalized spacial score (nSPS) is 13.9. The van der Waals surface area contributed by atoms with E-state index in [4.69, 9.17) is 0 Å². The van der Waals surface area contributed by atoms with Crippen molar-refractivity contribution >= 4 is 126 Å². The van der Waals surface area contributed by atoms with Crippen LogP contribution in [-0.4, -0.2) is 22.4 Å². The summed E-state index contributed by atoms with van der Waals surface area (Å²) < 4.78 is 10.8. The summed E-state index contributed by atoms with van der Waals surface area (Å²) in [5.74, 6) is 0. The van der Waals surface area contributed by atoms with Gasteiger partial charge in [-0.15, -0.1) is 0 Å². The zero-order chi connectivity index (χ0) is 47.1. The van der Waals surface area contributed by atoms with Gasteiger partial charge in [-0.2, -0.15) is 0 Å². The molecule has 0 amide bonds. The Morgan fingerprint density at radius 1 is 0.250 bits per heavy atom. The van der Waals surface area contributed by atoms with Crippen molar-refractivity contribution in [3.05, 3.63) is 261 Å². The molecule has 16 rings (SSSR count). The van der Waals surface area contributed by atoms with Gasteiger partial charge in [-0.05, 0) is 0 Å². The second-order valence-corrected chi connectivity index (χ2v) is 26.7. The zero-order valence-electron chi connectivity index (χ0n) is 39.1. The second kappa shape index (κ2) is 15.0. The van der Waals surface area contributed by atoms with E-state index in [0.29, 0.717) is 0 Å². The Kier molecular flexibility index (Phi) is 8.28. The summed E-state index contributed by atoms with van der Waals surface area (Å²) in [6, 6.07) is 97.6. The van der Waals surface area contributed by atoms with Gasteiger partial charge in [0.2, 0.25) is 0 Å². The molecule has 6 heteroatoms. The predicted molar refractivity (Wildman–Crippen MR) is 303 cm³/mol. The Morgan fingerprint density at radius 3 is 1.01 bits per heavy atom. The van der Waals surface area contributed by atoms with Crippen molar-refractivity contribution in [2.75, 3.05) is 14.7 Å². The molecular formula is C66H43GeN5. The monoisotopic (exact) mass is 979 g/mol. The van der Waals surface area contributed by atoms with Crippen LogP contribution in [0.5, 0.6) is 0 Å². The molecule has 336 valence electrons. The maximum absolute atomic E-state index is 4.36. The fourth-order valence-corrected chi connectivity index (χ4v) is 25.3. The van der Waals surface area contributed by atoms with Gasteiger partial charge in [0.05, 0.1) is 0 Å². The second-order valence-electron chi connectivity index (χ2n) is 19.2. The quantitative estimate of drug-likeness (QED) is 0.155. The third kappa shape index (κ3) is 5.12. The van der Waals surface area contributed by atoms with Crippen molar-refractivity contribution in [2.45, 2.75) is 0 Å². The summed E-state index contributed by atoms with van der Waals surface area (Å²) in [5, 5.41) is 4.98. The number of para-hydroxylation sites is 7. The molecule has 5 heterocycles. The zero-order valence-corrected chi connectivity index (χ0v) is 41.2. The van der Waals surface area contributed by atoms with Crippen molar-refractivity contribution in [3.8, 4) is 11.4 Å². The van der Waals surface area contributed by atoms with E-state index in [9.17, 15) is 0 Å². The molecule has 0 fully saturated rings. The summed E-state index contributed by atoms with van der Waals surface area (Å²) in [5.41, 5.74) is 17.8. The molecule has 0 aliphatic carbocycles. The molecule has 0 saturated heterocycles. The molecule has 5 nitrogen and oxygen atoms in total. The van der Waals surface area contributed by atoms with Crippen LogP contribution in [0.3, 0.4) is 0 Å². The molecule has 0 unspecified atom stereocenters. The van der Waals surface area contributed by atoms with E-state index >= 15 is 0 Å². The van der Waals surface area contributed by atoms with Crippen LogP contribution in [0.15, 0.2) is 261 Å². The summed E-state index contributed by atoms with van der Waals surface area (Å²) in [7, 11) is 0. The van der Waals surface area contributed by atoms with E-state index in [0.717, 1.165) is 28.4 Å². The van der Waals surface area contributed by atoms with Crippen molar-refractivity contribution in [3.63, 3.8) is 0 Å². The summed E-state index contributed by atoms with van der Waals surface area (Å²) >= 11 is -4.36. The maximum atomic E-state index is 2.73. The number of anilines is 9. The number of hydrogen-bond acceptors (Lipinski definition) is 3. The molecule has 3 aliphatic heterocycles. The standard InChI is InChI=1S/C66H43GeN5/c1-7-24-44(25-8-1)67-62-54-40-23-41-55(62)71(48-32-15-5-16-33-48)59-43-57-61(51-37-20-22-39-53(51)69(57)46-28-11-3-12-29-46)66(64(59)67)72(49-34-17-6-18-35-49)65-60-50-36-19-21-38-52(50)68(45-26-9-2-10-27-45)56(60)42-58(63(65)67)70(54)47-30-13-4-14-31-47/h1-43H. The fourth-order valence-electron chi connectivity index (χ4n) is 13.1. The van der Waals surface area contributed by atoms with Gasteiger partial charge in [-0.25, -0.2) is 0 Å². The SMILES string of the molecule is c1ccc(N2c3cccc4[c]3[Ge]3([c]5ccccc5)[c]5c2cc2c(c5N(c5ccccc5)c5[c]3c(cc3c5c5ccccc5n3-c3ccccc3)N4c3ccccc3)c3ccccc3n2-c2ccccc2)cc1. The van der Waals surface area contributed by atoms with Gasteiger partial charge >= 0.3 is 422 Å². The van der Waals surface area contributed by atoms with Crippen LogP contribution in [0.4, 0.5) is 51.2 Å². The van der Waals surface area contributed by atoms with Gasteiger partial charge in [0.1, 0.15) is 0 Å². The number of hydrogen-bond donors (Lipinski definition) is 0. The van der Waals surface area contributed by atoms with Crippen LogP contribution in [0.2, 0.25) is 0 Å². The molecule has 13 aromatic rings. The molecule has 0 saturated carbocycles. The van der Waals surface area contributed by atoms with Gasteiger partial charge in [0.25, 0.3) is 0 Å². The molecule has 3 aliphatic rings. The average Bonchev–Trinajstić information content (AvgIpc) is 3.97. The van der Waals surface area contributed by atoms with Crippen molar-refractivity contribution in [1.82, 2.24) is 9.13 Å². The molecule has 0 N–H and O–H groups in total. The Balaban J connectivity index is 1.24. The van der Waals surface area contributed by atoms with Crippen LogP contribution < -0.4 is 32.3 Å². The van der Waals surface area contributed by atoms with Gasteiger partial charge in [0, 0.05) is 0 Å². The third-order valence-corrected chi connectivity index (χ3v) is 26.0. The minimum absolute atomic E-state index is 1.13. The number of aromatic nitrogens is 2. The van der Waals surface area contributed by atoms with E-state index in [1.165, 1.54) is 95.3 Å². The molecule has 0 bridgehead atoms. The first-order chi connectivity index (χ1) is 35.8. The Bertz CT molecular complexity index is 4090. The number of rotatable bonds is 6. The van der Waals surface area contributed by atoms with Crippen molar-refractivity contribution < 1.29 is 0 Å². The van der Waals surface area contributed by atoms with Crippen LogP contribution in [0.1, 0.15) is 0 Å².